The first-order valence-electron chi connectivity index (χ1n) is 5.16. The van der Waals surface area contributed by atoms with Crippen LogP contribution in [0.4, 0.5) is 9.59 Å². The lowest BCUT2D eigenvalue weighted by atomic mass is 10.0. The van der Waals surface area contributed by atoms with Crippen LogP contribution in [0.1, 0.15) is 0 Å². The minimum atomic E-state index is -1.83. The van der Waals surface area contributed by atoms with E-state index in [1.165, 1.54) is 0 Å². The third kappa shape index (κ3) is 6.60. The molecule has 0 bridgehead atoms. The van der Waals surface area contributed by atoms with Crippen LogP contribution >= 0.6 is 0 Å². The van der Waals surface area contributed by atoms with Gasteiger partial charge in [0, 0.05) is 0 Å². The Balaban J connectivity index is 5.00. The van der Waals surface area contributed by atoms with Crippen LogP contribution < -0.4 is 22.3 Å². The first-order valence-corrected chi connectivity index (χ1v) is 5.16. The molecule has 0 radical (unpaired) electrons. The molecular weight excluding hydrogens is 276 g/mol. The van der Waals surface area contributed by atoms with Crippen molar-refractivity contribution in [2.24, 2.45) is 21.7 Å². The number of nitrogens with zero attached hydrogens (tertiary/aromatic N) is 2. The molecule has 12 nitrogen and oxygen atoms in total. The molecule has 20 heavy (non-hydrogen) atoms. The van der Waals surface area contributed by atoms with Gasteiger partial charge in [0.15, 0.2) is 0 Å². The number of primary amides is 2. The van der Waals surface area contributed by atoms with E-state index in [1.807, 2.05) is 0 Å². The molecule has 0 aromatic carbocycles. The number of carbonyl (C=O) groups is 2. The lowest BCUT2D eigenvalue weighted by Crippen LogP contribution is -2.45. The summed E-state index contributed by atoms with van der Waals surface area (Å²) in [6, 6.07) is -2.07. The number of nitrogens with one attached hydrogen (secondary N) is 2. The Labute approximate surface area is 112 Å². The van der Waals surface area contributed by atoms with Gasteiger partial charge >= 0.3 is 12.1 Å². The number of aliphatic hydroxyl groups excluding tert-OH is 4. The smallest absolute Gasteiger partial charge is 0.332 e. The molecular formula is C8H16N6O6. The van der Waals surface area contributed by atoms with Gasteiger partial charge in [-0.2, -0.15) is 10.2 Å². The quantitative estimate of drug-likeness (QED) is 0.171. The summed E-state index contributed by atoms with van der Waals surface area (Å²) in [5, 5.41) is 43.5. The molecule has 3 unspecified atom stereocenters. The van der Waals surface area contributed by atoms with E-state index in [-0.39, 0.29) is 0 Å². The predicted octanol–water partition coefficient (Wildman–Crippen LogP) is -4.26. The molecule has 0 heterocycles. The molecule has 0 saturated carbocycles. The standard InChI is InChI=1S/C8H16N6O6/c9-7(19)13-11-1-3(12-14-8(10)20)5(17)6(18)4(16)2-15/h1,4-6,15-18H,2H2,(H3,9,13,19)(H3,10,14,20). The van der Waals surface area contributed by atoms with Gasteiger partial charge in [-0.25, -0.2) is 20.4 Å². The Bertz CT molecular complexity index is 399. The number of amides is 4. The van der Waals surface area contributed by atoms with Crippen LogP contribution in [0.15, 0.2) is 10.2 Å². The number of hydrogen-bond acceptors (Lipinski definition) is 8. The molecule has 0 spiro atoms. The van der Waals surface area contributed by atoms with E-state index in [9.17, 15) is 24.9 Å². The number of aliphatic hydroxyl groups is 4. The van der Waals surface area contributed by atoms with Gasteiger partial charge in [-0.15, -0.1) is 0 Å². The lowest BCUT2D eigenvalue weighted by Gasteiger charge is -2.21. The fraction of sp³-hybridized carbons (Fsp3) is 0.500. The van der Waals surface area contributed by atoms with Crippen molar-refractivity contribution < 1.29 is 30.0 Å². The van der Waals surface area contributed by atoms with E-state index in [0.717, 1.165) is 6.21 Å². The van der Waals surface area contributed by atoms with Gasteiger partial charge in [0.1, 0.15) is 24.0 Å². The zero-order valence-electron chi connectivity index (χ0n) is 10.2. The maximum Gasteiger partial charge on any atom is 0.332 e. The monoisotopic (exact) mass is 292 g/mol. The Morgan fingerprint density at radius 2 is 1.70 bits per heavy atom. The van der Waals surface area contributed by atoms with E-state index in [1.54, 1.807) is 10.9 Å². The maximum absolute atomic E-state index is 10.5. The second-order valence-corrected chi connectivity index (χ2v) is 3.43. The Kier molecular flexibility index (Phi) is 7.76. The molecule has 0 aliphatic heterocycles. The average molecular weight is 292 g/mol. The third-order valence-corrected chi connectivity index (χ3v) is 1.87. The van der Waals surface area contributed by atoms with Crippen molar-refractivity contribution in [3.05, 3.63) is 0 Å². The van der Waals surface area contributed by atoms with Crippen molar-refractivity contribution in [3.8, 4) is 0 Å². The summed E-state index contributed by atoms with van der Waals surface area (Å²) in [6.45, 7) is -0.828. The number of urea groups is 2. The van der Waals surface area contributed by atoms with Crippen LogP contribution in [0.5, 0.6) is 0 Å². The van der Waals surface area contributed by atoms with Crippen molar-refractivity contribution in [3.63, 3.8) is 0 Å². The van der Waals surface area contributed by atoms with E-state index in [4.69, 9.17) is 16.6 Å². The lowest BCUT2D eigenvalue weighted by molar-refractivity contribution is -0.0549. The largest absolute Gasteiger partial charge is 0.394 e. The average Bonchev–Trinajstić information content (AvgIpc) is 2.39. The van der Waals surface area contributed by atoms with Crippen molar-refractivity contribution in [2.45, 2.75) is 18.3 Å². The molecule has 0 saturated heterocycles. The number of carbonyl (C=O) groups excluding carboxylic acids is 2. The van der Waals surface area contributed by atoms with Crippen molar-refractivity contribution in [2.75, 3.05) is 6.61 Å². The minimum Gasteiger partial charge on any atom is -0.394 e. The SMILES string of the molecule is NC(=O)NN=CC(=NNC(N)=O)C(O)C(O)C(O)CO. The summed E-state index contributed by atoms with van der Waals surface area (Å²) in [5.74, 6) is 0. The summed E-state index contributed by atoms with van der Waals surface area (Å²) in [4.78, 5) is 20.9. The van der Waals surface area contributed by atoms with Crippen LogP contribution in [-0.4, -0.2) is 69.3 Å². The Hall–Kier alpha value is -2.28. The molecule has 0 aromatic rings. The van der Waals surface area contributed by atoms with E-state index in [2.05, 4.69) is 10.2 Å². The maximum atomic E-state index is 10.5. The second kappa shape index (κ2) is 8.76. The normalized spacial score (nSPS) is 16.5. The first kappa shape index (κ1) is 17.7. The highest BCUT2D eigenvalue weighted by Crippen LogP contribution is 2.01. The van der Waals surface area contributed by atoms with E-state index < -0.39 is 42.7 Å². The molecule has 114 valence electrons. The van der Waals surface area contributed by atoms with Gasteiger partial charge in [-0.1, -0.05) is 0 Å². The van der Waals surface area contributed by atoms with Crippen LogP contribution in [0.2, 0.25) is 0 Å². The van der Waals surface area contributed by atoms with Crippen LogP contribution in [0.25, 0.3) is 0 Å². The molecule has 0 fully saturated rings. The number of rotatable bonds is 7. The van der Waals surface area contributed by atoms with Crippen LogP contribution in [0.3, 0.4) is 0 Å². The zero-order valence-corrected chi connectivity index (χ0v) is 10.2. The first-order chi connectivity index (χ1) is 9.29. The highest BCUT2D eigenvalue weighted by Gasteiger charge is 2.28. The van der Waals surface area contributed by atoms with E-state index in [0.29, 0.717) is 0 Å². The molecule has 12 heteroatoms. The molecule has 3 atom stereocenters. The molecule has 10 N–H and O–H groups in total. The fourth-order valence-electron chi connectivity index (χ4n) is 0.946. The molecule has 0 aliphatic rings. The molecule has 0 aliphatic carbocycles. The minimum absolute atomic E-state index is 0.461. The van der Waals surface area contributed by atoms with E-state index >= 15 is 0 Å². The number of hydrogen-bond donors (Lipinski definition) is 8. The van der Waals surface area contributed by atoms with Gasteiger partial charge < -0.3 is 31.9 Å². The van der Waals surface area contributed by atoms with Gasteiger partial charge in [0.05, 0.1) is 12.8 Å². The van der Waals surface area contributed by atoms with Crippen molar-refractivity contribution >= 4 is 24.0 Å². The Morgan fingerprint density at radius 1 is 1.15 bits per heavy atom. The summed E-state index contributed by atoms with van der Waals surface area (Å²) in [5.41, 5.74) is 12.6. The molecule has 4 amide bonds. The Morgan fingerprint density at radius 3 is 2.15 bits per heavy atom. The van der Waals surface area contributed by atoms with Crippen molar-refractivity contribution in [1.82, 2.24) is 10.9 Å². The topological polar surface area (TPSA) is 216 Å². The van der Waals surface area contributed by atoms with Gasteiger partial charge in [0.2, 0.25) is 0 Å². The predicted molar refractivity (Wildman–Crippen MR) is 66.5 cm³/mol. The highest BCUT2D eigenvalue weighted by molar-refractivity contribution is 6.32. The number of nitrogens with two attached hydrogens (primary N) is 2. The summed E-state index contributed by atoms with van der Waals surface area (Å²) >= 11 is 0. The second-order valence-electron chi connectivity index (χ2n) is 3.43. The third-order valence-electron chi connectivity index (χ3n) is 1.87. The summed E-state index contributed by atoms with van der Waals surface area (Å²) < 4.78 is 0. The zero-order chi connectivity index (χ0) is 15.7. The van der Waals surface area contributed by atoms with Crippen molar-refractivity contribution in [1.29, 1.82) is 0 Å². The van der Waals surface area contributed by atoms with Gasteiger partial charge in [-0.3, -0.25) is 0 Å². The van der Waals surface area contributed by atoms with Crippen LogP contribution in [-0.2, 0) is 0 Å². The molecule has 0 rings (SSSR count). The highest BCUT2D eigenvalue weighted by atomic mass is 16.4. The summed E-state index contributed by atoms with van der Waals surface area (Å²) in [7, 11) is 0. The number of hydrazone groups is 2. The van der Waals surface area contributed by atoms with Gasteiger partial charge in [-0.05, 0) is 0 Å². The molecule has 0 aromatic heterocycles. The van der Waals surface area contributed by atoms with Crippen LogP contribution in [0, 0.1) is 0 Å². The summed E-state index contributed by atoms with van der Waals surface area (Å²) in [6.07, 6.45) is -4.57. The van der Waals surface area contributed by atoms with Gasteiger partial charge in [0.25, 0.3) is 0 Å². The fourth-order valence-corrected chi connectivity index (χ4v) is 0.946.